The van der Waals surface area contributed by atoms with E-state index >= 15 is 0 Å². The van der Waals surface area contributed by atoms with E-state index in [0.717, 1.165) is 18.9 Å². The second-order valence-corrected chi connectivity index (χ2v) is 3.76. The Morgan fingerprint density at radius 2 is 1.94 bits per heavy atom. The third-order valence-electron chi connectivity index (χ3n) is 2.51. The van der Waals surface area contributed by atoms with E-state index in [1.165, 1.54) is 5.56 Å². The van der Waals surface area contributed by atoms with Gasteiger partial charge in [0, 0.05) is 25.8 Å². The molecule has 0 aliphatic rings. The number of rotatable bonds is 5. The molecule has 4 nitrogen and oxygen atoms in total. The van der Waals surface area contributed by atoms with Crippen LogP contribution >= 0.6 is 0 Å². The van der Waals surface area contributed by atoms with E-state index in [0.29, 0.717) is 6.54 Å². The number of hydrogen-bond donors (Lipinski definition) is 1. The van der Waals surface area contributed by atoms with Gasteiger partial charge in [0.05, 0.1) is 0 Å². The summed E-state index contributed by atoms with van der Waals surface area (Å²) in [5.41, 5.74) is 6.88. The third kappa shape index (κ3) is 3.26. The Balaban J connectivity index is 2.13. The summed E-state index contributed by atoms with van der Waals surface area (Å²) >= 11 is 0. The van der Waals surface area contributed by atoms with Gasteiger partial charge in [-0.25, -0.2) is 9.97 Å². The van der Waals surface area contributed by atoms with Gasteiger partial charge in [-0.3, -0.25) is 0 Å². The molecular weight excluding hydrogens is 212 g/mol. The topological polar surface area (TPSA) is 55.0 Å². The Morgan fingerprint density at radius 1 is 1.12 bits per heavy atom. The van der Waals surface area contributed by atoms with Crippen LogP contribution in [0.25, 0.3) is 0 Å². The van der Waals surface area contributed by atoms with Crippen molar-refractivity contribution in [3.8, 4) is 0 Å². The molecule has 2 N–H and O–H groups in total. The van der Waals surface area contributed by atoms with Crippen LogP contribution in [-0.4, -0.2) is 23.1 Å². The highest BCUT2D eigenvalue weighted by Gasteiger charge is 2.06. The fraction of sp³-hybridized carbons (Fsp3) is 0.231. The molecule has 0 saturated carbocycles. The predicted molar refractivity (Wildman–Crippen MR) is 68.6 cm³/mol. The van der Waals surface area contributed by atoms with Crippen LogP contribution in [0.5, 0.6) is 0 Å². The maximum atomic E-state index is 5.64. The average molecular weight is 228 g/mol. The molecule has 0 atom stereocenters. The van der Waals surface area contributed by atoms with Gasteiger partial charge in [0.15, 0.2) is 0 Å². The Hall–Kier alpha value is -1.94. The Morgan fingerprint density at radius 3 is 2.59 bits per heavy atom. The lowest BCUT2D eigenvalue weighted by Gasteiger charge is -2.22. The molecule has 0 bridgehead atoms. The predicted octanol–water partition coefficient (Wildman–Crippen LogP) is 1.44. The van der Waals surface area contributed by atoms with E-state index in [2.05, 4.69) is 27.0 Å². The molecule has 0 unspecified atom stereocenters. The molecule has 1 aromatic carbocycles. The molecule has 4 heteroatoms. The molecule has 0 radical (unpaired) electrons. The van der Waals surface area contributed by atoms with Crippen molar-refractivity contribution in [3.63, 3.8) is 0 Å². The van der Waals surface area contributed by atoms with Gasteiger partial charge < -0.3 is 10.6 Å². The normalized spacial score (nSPS) is 10.2. The Kier molecular flexibility index (Phi) is 4.05. The quantitative estimate of drug-likeness (QED) is 0.841. The molecule has 88 valence electrons. The second-order valence-electron chi connectivity index (χ2n) is 3.76. The van der Waals surface area contributed by atoms with Crippen molar-refractivity contribution in [2.45, 2.75) is 6.54 Å². The minimum absolute atomic E-state index is 0.608. The number of hydrogen-bond acceptors (Lipinski definition) is 4. The molecule has 1 heterocycles. The molecule has 0 amide bonds. The Labute approximate surface area is 101 Å². The van der Waals surface area contributed by atoms with E-state index in [1.54, 1.807) is 12.5 Å². The van der Waals surface area contributed by atoms with Gasteiger partial charge in [0.25, 0.3) is 0 Å². The molecule has 1 aromatic heterocycles. The Bertz CT molecular complexity index is 430. The van der Waals surface area contributed by atoms with E-state index in [-0.39, 0.29) is 0 Å². The van der Waals surface area contributed by atoms with Gasteiger partial charge in [-0.05, 0) is 11.6 Å². The summed E-state index contributed by atoms with van der Waals surface area (Å²) in [6.07, 6.45) is 3.31. The number of aromatic nitrogens is 2. The SMILES string of the molecule is NCCN(Cc1ccccc1)c1ccncn1. The van der Waals surface area contributed by atoms with Crippen molar-refractivity contribution in [1.29, 1.82) is 0 Å². The first kappa shape index (κ1) is 11.5. The highest BCUT2D eigenvalue weighted by molar-refractivity contribution is 5.37. The van der Waals surface area contributed by atoms with Gasteiger partial charge in [-0.1, -0.05) is 30.3 Å². The first-order valence-electron chi connectivity index (χ1n) is 5.65. The van der Waals surface area contributed by atoms with Crippen molar-refractivity contribution in [2.75, 3.05) is 18.0 Å². The lowest BCUT2D eigenvalue weighted by atomic mass is 10.2. The zero-order valence-corrected chi connectivity index (χ0v) is 9.66. The minimum atomic E-state index is 0.608. The van der Waals surface area contributed by atoms with E-state index in [1.807, 2.05) is 24.3 Å². The molecule has 0 aliphatic heterocycles. The van der Waals surface area contributed by atoms with Crippen LogP contribution in [0.2, 0.25) is 0 Å². The van der Waals surface area contributed by atoms with Crippen LogP contribution in [0, 0.1) is 0 Å². The lowest BCUT2D eigenvalue weighted by molar-refractivity contribution is 0.773. The fourth-order valence-electron chi connectivity index (χ4n) is 1.71. The minimum Gasteiger partial charge on any atom is -0.351 e. The van der Waals surface area contributed by atoms with Gasteiger partial charge in [-0.2, -0.15) is 0 Å². The molecular formula is C13H16N4. The second kappa shape index (κ2) is 5.96. The maximum absolute atomic E-state index is 5.64. The summed E-state index contributed by atoms with van der Waals surface area (Å²) in [6.45, 7) is 2.21. The van der Waals surface area contributed by atoms with Crippen LogP contribution in [0.15, 0.2) is 48.9 Å². The van der Waals surface area contributed by atoms with Crippen molar-refractivity contribution >= 4 is 5.82 Å². The molecule has 17 heavy (non-hydrogen) atoms. The first-order valence-corrected chi connectivity index (χ1v) is 5.65. The van der Waals surface area contributed by atoms with Gasteiger partial charge in [0.2, 0.25) is 0 Å². The summed E-state index contributed by atoms with van der Waals surface area (Å²) in [5, 5.41) is 0. The van der Waals surface area contributed by atoms with Crippen LogP contribution in [-0.2, 0) is 6.54 Å². The van der Waals surface area contributed by atoms with Gasteiger partial charge in [0.1, 0.15) is 12.1 Å². The first-order chi connectivity index (χ1) is 8.40. The van der Waals surface area contributed by atoms with E-state index < -0.39 is 0 Å². The van der Waals surface area contributed by atoms with Crippen LogP contribution < -0.4 is 10.6 Å². The largest absolute Gasteiger partial charge is 0.351 e. The smallest absolute Gasteiger partial charge is 0.132 e. The molecule has 2 aromatic rings. The number of nitrogens with zero attached hydrogens (tertiary/aromatic N) is 3. The zero-order valence-electron chi connectivity index (χ0n) is 9.66. The summed E-state index contributed by atoms with van der Waals surface area (Å²) in [4.78, 5) is 10.3. The molecule has 0 aliphatic carbocycles. The summed E-state index contributed by atoms with van der Waals surface area (Å²) in [7, 11) is 0. The maximum Gasteiger partial charge on any atom is 0.132 e. The van der Waals surface area contributed by atoms with Crippen molar-refractivity contribution in [1.82, 2.24) is 9.97 Å². The van der Waals surface area contributed by atoms with Crippen LogP contribution in [0.3, 0.4) is 0 Å². The summed E-state index contributed by atoms with van der Waals surface area (Å²) < 4.78 is 0. The van der Waals surface area contributed by atoms with E-state index in [4.69, 9.17) is 5.73 Å². The zero-order chi connectivity index (χ0) is 11.9. The highest BCUT2D eigenvalue weighted by atomic mass is 15.2. The summed E-state index contributed by atoms with van der Waals surface area (Å²) in [5.74, 6) is 0.911. The number of anilines is 1. The van der Waals surface area contributed by atoms with Crippen molar-refractivity contribution in [3.05, 3.63) is 54.5 Å². The molecule has 2 rings (SSSR count). The number of nitrogens with two attached hydrogens (primary N) is 1. The number of benzene rings is 1. The highest BCUT2D eigenvalue weighted by Crippen LogP contribution is 2.12. The fourth-order valence-corrected chi connectivity index (χ4v) is 1.71. The van der Waals surface area contributed by atoms with Crippen molar-refractivity contribution in [2.24, 2.45) is 5.73 Å². The monoisotopic (exact) mass is 228 g/mol. The average Bonchev–Trinajstić information content (AvgIpc) is 2.40. The summed E-state index contributed by atoms with van der Waals surface area (Å²) in [6, 6.07) is 12.2. The van der Waals surface area contributed by atoms with Crippen LogP contribution in [0.1, 0.15) is 5.56 Å². The van der Waals surface area contributed by atoms with Crippen molar-refractivity contribution < 1.29 is 0 Å². The molecule has 0 spiro atoms. The van der Waals surface area contributed by atoms with Crippen LogP contribution in [0.4, 0.5) is 5.82 Å². The molecule has 0 saturated heterocycles. The molecule has 0 fully saturated rings. The van der Waals surface area contributed by atoms with E-state index in [9.17, 15) is 0 Å². The third-order valence-corrected chi connectivity index (χ3v) is 2.51. The lowest BCUT2D eigenvalue weighted by Crippen LogP contribution is -2.29. The standard InChI is InChI=1S/C13H16N4/c14-7-9-17(13-6-8-15-11-16-13)10-12-4-2-1-3-5-12/h1-6,8,11H,7,9-10,14H2. The van der Waals surface area contributed by atoms with Gasteiger partial charge >= 0.3 is 0 Å². The van der Waals surface area contributed by atoms with Gasteiger partial charge in [-0.15, -0.1) is 0 Å².